The second-order valence-electron chi connectivity index (χ2n) is 8.61. The van der Waals surface area contributed by atoms with Gasteiger partial charge >= 0.3 is 6.09 Å². The van der Waals surface area contributed by atoms with Gasteiger partial charge in [-0.3, -0.25) is 4.79 Å². The van der Waals surface area contributed by atoms with Gasteiger partial charge in [0.1, 0.15) is 11.9 Å². The van der Waals surface area contributed by atoms with Crippen molar-refractivity contribution in [1.82, 2.24) is 14.8 Å². The third kappa shape index (κ3) is 4.74. The van der Waals surface area contributed by atoms with Crippen LogP contribution in [0.25, 0.3) is 0 Å². The van der Waals surface area contributed by atoms with Crippen molar-refractivity contribution >= 4 is 29.4 Å². The number of halogens is 1. The summed E-state index contributed by atoms with van der Waals surface area (Å²) in [5, 5.41) is 19.9. The van der Waals surface area contributed by atoms with Gasteiger partial charge in [0.2, 0.25) is 5.91 Å². The Morgan fingerprint density at radius 1 is 1.21 bits per heavy atom. The molecule has 33 heavy (non-hydrogen) atoms. The highest BCUT2D eigenvalue weighted by Crippen LogP contribution is 2.34. The number of amides is 2. The molecule has 0 saturated carbocycles. The molecule has 1 N–H and O–H groups in total. The van der Waals surface area contributed by atoms with Crippen molar-refractivity contribution in [2.75, 3.05) is 31.6 Å². The van der Waals surface area contributed by atoms with Gasteiger partial charge in [-0.05, 0) is 42.7 Å². The second kappa shape index (κ2) is 9.67. The Kier molecular flexibility index (Phi) is 6.70. The first-order valence-electron chi connectivity index (χ1n) is 11.0. The fourth-order valence-corrected chi connectivity index (χ4v) is 5.03. The van der Waals surface area contributed by atoms with E-state index in [2.05, 4.69) is 11.1 Å². The summed E-state index contributed by atoms with van der Waals surface area (Å²) >= 11 is 6.03. The number of hydrogen-bond acceptors (Lipinski definition) is 5. The van der Waals surface area contributed by atoms with Gasteiger partial charge in [-0.15, -0.1) is 0 Å². The first-order valence-corrected chi connectivity index (χ1v) is 11.3. The fraction of sp³-hybridized carbons (Fsp3) is 0.417. The van der Waals surface area contributed by atoms with Crippen LogP contribution in [0.5, 0.6) is 0 Å². The van der Waals surface area contributed by atoms with Crippen LogP contribution in [0.4, 0.5) is 10.6 Å². The van der Waals surface area contributed by atoms with Gasteiger partial charge in [0, 0.05) is 49.7 Å². The molecule has 2 saturated heterocycles. The number of nitrogens with zero attached hydrogens (tertiary/aromatic N) is 5. The zero-order chi connectivity index (χ0) is 23.5. The number of likely N-dealkylation sites (tertiary alicyclic amines) is 1. The van der Waals surface area contributed by atoms with Crippen molar-refractivity contribution < 1.29 is 14.7 Å². The molecular weight excluding hydrogens is 442 g/mol. The molecule has 9 heteroatoms. The molecule has 0 spiro atoms. The quantitative estimate of drug-likeness (QED) is 0.739. The largest absolute Gasteiger partial charge is 0.465 e. The van der Waals surface area contributed by atoms with Crippen LogP contribution >= 0.6 is 11.6 Å². The molecule has 2 unspecified atom stereocenters. The number of hydrogen-bond donors (Lipinski definition) is 1. The van der Waals surface area contributed by atoms with Crippen LogP contribution in [-0.2, 0) is 4.79 Å². The van der Waals surface area contributed by atoms with E-state index in [1.165, 1.54) is 4.90 Å². The number of likely N-dealkylation sites (N-methyl/N-ethyl adjacent to an activating group) is 1. The van der Waals surface area contributed by atoms with Crippen molar-refractivity contribution in [2.24, 2.45) is 5.92 Å². The van der Waals surface area contributed by atoms with Gasteiger partial charge in [-0.1, -0.05) is 29.8 Å². The molecule has 2 aliphatic heterocycles. The SMILES string of the molecule is CN(C(=O)O)[C@@H]1CN(C(=O)C2CCN(c3ccccn3)C(C#N)C2)C[C@H]1c1ccc(Cl)cc1. The molecule has 4 rings (SSSR count). The second-order valence-corrected chi connectivity index (χ2v) is 9.05. The van der Waals surface area contributed by atoms with E-state index in [4.69, 9.17) is 11.6 Å². The summed E-state index contributed by atoms with van der Waals surface area (Å²) in [4.78, 5) is 34.5. The summed E-state index contributed by atoms with van der Waals surface area (Å²) < 4.78 is 0. The van der Waals surface area contributed by atoms with E-state index >= 15 is 0 Å². The zero-order valence-corrected chi connectivity index (χ0v) is 19.1. The minimum Gasteiger partial charge on any atom is -0.465 e. The molecule has 3 heterocycles. The third-order valence-electron chi connectivity index (χ3n) is 6.74. The number of aromatic nitrogens is 1. The summed E-state index contributed by atoms with van der Waals surface area (Å²) in [5.41, 5.74) is 0.952. The molecule has 2 aliphatic rings. The molecule has 172 valence electrons. The summed E-state index contributed by atoms with van der Waals surface area (Å²) in [6.45, 7) is 1.32. The van der Waals surface area contributed by atoms with Crippen molar-refractivity contribution in [1.29, 1.82) is 5.26 Å². The molecule has 2 fully saturated rings. The standard InChI is InChI=1S/C24H26ClN5O3/c1-28(24(32)33)21-15-29(14-20(21)16-5-7-18(25)8-6-16)23(31)17-9-11-30(19(12-17)13-26)22-4-2-3-10-27-22/h2-8,10,17,19-21H,9,11-12,14-15H2,1H3,(H,32,33)/t17?,19?,20-,21+/m0/s1. The maximum atomic E-state index is 13.5. The third-order valence-corrected chi connectivity index (χ3v) is 6.99. The predicted molar refractivity (Wildman–Crippen MR) is 124 cm³/mol. The van der Waals surface area contributed by atoms with E-state index in [1.54, 1.807) is 30.3 Å². The van der Waals surface area contributed by atoms with Gasteiger partial charge in [0.25, 0.3) is 0 Å². The molecule has 1 aromatic carbocycles. The molecule has 8 nitrogen and oxygen atoms in total. The van der Waals surface area contributed by atoms with Crippen LogP contribution < -0.4 is 4.90 Å². The van der Waals surface area contributed by atoms with Crippen molar-refractivity contribution in [3.63, 3.8) is 0 Å². The van der Waals surface area contributed by atoms with E-state index < -0.39 is 12.1 Å². The van der Waals surface area contributed by atoms with Crippen LogP contribution in [-0.4, -0.2) is 70.7 Å². The lowest BCUT2D eigenvalue weighted by Crippen LogP contribution is -2.47. The highest BCUT2D eigenvalue weighted by atomic mass is 35.5. The number of nitriles is 1. The van der Waals surface area contributed by atoms with Gasteiger partial charge in [-0.2, -0.15) is 5.26 Å². The average Bonchev–Trinajstić information content (AvgIpc) is 3.29. The molecular formula is C24H26ClN5O3. The Balaban J connectivity index is 1.50. The van der Waals surface area contributed by atoms with Crippen LogP contribution in [0.3, 0.4) is 0 Å². The molecule has 0 radical (unpaired) electrons. The van der Waals surface area contributed by atoms with Gasteiger partial charge in [0.15, 0.2) is 0 Å². The highest BCUT2D eigenvalue weighted by molar-refractivity contribution is 6.30. The monoisotopic (exact) mass is 467 g/mol. The number of pyridine rings is 1. The van der Waals surface area contributed by atoms with Crippen molar-refractivity contribution in [3.8, 4) is 6.07 Å². The highest BCUT2D eigenvalue weighted by Gasteiger charge is 2.43. The van der Waals surface area contributed by atoms with Crippen LogP contribution in [0.1, 0.15) is 24.3 Å². The van der Waals surface area contributed by atoms with E-state index in [0.717, 1.165) is 11.4 Å². The van der Waals surface area contributed by atoms with E-state index in [1.807, 2.05) is 35.2 Å². The van der Waals surface area contributed by atoms with Crippen molar-refractivity contribution in [3.05, 3.63) is 59.2 Å². The van der Waals surface area contributed by atoms with Gasteiger partial charge < -0.3 is 19.8 Å². The lowest BCUT2D eigenvalue weighted by Gasteiger charge is -2.37. The number of piperidine rings is 1. The zero-order valence-electron chi connectivity index (χ0n) is 18.3. The first-order chi connectivity index (χ1) is 15.9. The minimum atomic E-state index is -1.03. The van der Waals surface area contributed by atoms with E-state index in [9.17, 15) is 20.0 Å². The topological polar surface area (TPSA) is 101 Å². The normalized spacial score (nSPS) is 24.9. The lowest BCUT2D eigenvalue weighted by atomic mass is 9.90. The molecule has 4 atom stereocenters. The molecule has 0 bridgehead atoms. The van der Waals surface area contributed by atoms with E-state index in [-0.39, 0.29) is 23.8 Å². The number of benzene rings is 1. The average molecular weight is 468 g/mol. The number of carbonyl (C=O) groups excluding carboxylic acids is 1. The number of carbonyl (C=O) groups is 2. The maximum absolute atomic E-state index is 13.5. The first kappa shape index (κ1) is 22.9. The molecule has 2 aromatic rings. The Hall–Kier alpha value is -3.31. The van der Waals surface area contributed by atoms with Gasteiger partial charge in [0.05, 0.1) is 12.1 Å². The van der Waals surface area contributed by atoms with E-state index in [0.29, 0.717) is 37.5 Å². The van der Waals surface area contributed by atoms with Crippen LogP contribution in [0.2, 0.25) is 5.02 Å². The Bertz CT molecular complexity index is 1040. The predicted octanol–water partition coefficient (Wildman–Crippen LogP) is 3.45. The molecule has 1 aromatic heterocycles. The molecule has 0 aliphatic carbocycles. The Morgan fingerprint density at radius 2 is 1.97 bits per heavy atom. The van der Waals surface area contributed by atoms with Crippen LogP contribution in [0.15, 0.2) is 48.7 Å². The smallest absolute Gasteiger partial charge is 0.407 e. The number of carboxylic acid groups (broad SMARTS) is 1. The summed E-state index contributed by atoms with van der Waals surface area (Å²) in [6, 6.07) is 14.5. The Morgan fingerprint density at radius 3 is 2.61 bits per heavy atom. The van der Waals surface area contributed by atoms with Crippen LogP contribution in [0, 0.1) is 17.2 Å². The minimum absolute atomic E-state index is 0.0174. The number of rotatable bonds is 4. The summed E-state index contributed by atoms with van der Waals surface area (Å²) in [7, 11) is 1.54. The Labute approximate surface area is 198 Å². The fourth-order valence-electron chi connectivity index (χ4n) is 4.91. The number of anilines is 1. The van der Waals surface area contributed by atoms with Crippen molar-refractivity contribution in [2.45, 2.75) is 30.8 Å². The van der Waals surface area contributed by atoms with Gasteiger partial charge in [-0.25, -0.2) is 9.78 Å². The summed E-state index contributed by atoms with van der Waals surface area (Å²) in [5.74, 6) is 0.292. The molecule has 2 amide bonds. The lowest BCUT2D eigenvalue weighted by molar-refractivity contribution is -0.135. The summed E-state index contributed by atoms with van der Waals surface area (Å²) in [6.07, 6.45) is 1.71. The maximum Gasteiger partial charge on any atom is 0.407 e.